The average Bonchev–Trinajstić information content (AvgIpc) is 3.18. The van der Waals surface area contributed by atoms with E-state index < -0.39 is 5.54 Å². The summed E-state index contributed by atoms with van der Waals surface area (Å²) in [7, 11) is 0. The molecule has 1 atom stereocenters. The summed E-state index contributed by atoms with van der Waals surface area (Å²) in [5.74, 6) is 1.38. The van der Waals surface area contributed by atoms with Crippen LogP contribution in [0.25, 0.3) is 0 Å². The third-order valence-electron chi connectivity index (χ3n) is 3.56. The molecule has 0 radical (unpaired) electrons. The third kappa shape index (κ3) is 3.32. The Balaban J connectivity index is 1.68. The molecule has 6 heteroatoms. The molecule has 1 N–H and O–H groups in total. The Morgan fingerprint density at radius 3 is 2.91 bits per heavy atom. The van der Waals surface area contributed by atoms with E-state index in [0.717, 1.165) is 17.2 Å². The second kappa shape index (κ2) is 6.51. The molecule has 1 amide bonds. The van der Waals surface area contributed by atoms with Crippen LogP contribution in [0.5, 0.6) is 0 Å². The molecule has 2 aromatic rings. The average molecular weight is 329 g/mol. The number of amides is 1. The minimum Gasteiger partial charge on any atom is -0.332 e. The Kier molecular flexibility index (Phi) is 4.46. The normalized spacial score (nSPS) is 20.5. The summed E-state index contributed by atoms with van der Waals surface area (Å²) in [5.41, 5.74) is 0.454. The van der Waals surface area contributed by atoms with Crippen LogP contribution < -0.4 is 5.32 Å². The molecule has 0 saturated carbocycles. The van der Waals surface area contributed by atoms with Crippen molar-refractivity contribution in [2.24, 2.45) is 0 Å². The fourth-order valence-electron chi connectivity index (χ4n) is 2.33. The first-order chi connectivity index (χ1) is 10.7. The topological polar surface area (TPSA) is 65.8 Å². The van der Waals surface area contributed by atoms with Crippen LogP contribution in [-0.4, -0.2) is 27.9 Å². The number of benzene rings is 1. The molecule has 0 spiro atoms. The summed E-state index contributed by atoms with van der Waals surface area (Å²) in [6.07, 6.45) is 3.03. The van der Waals surface area contributed by atoms with Crippen LogP contribution in [0.15, 0.2) is 36.5 Å². The van der Waals surface area contributed by atoms with Gasteiger partial charge in [-0.15, -0.1) is 11.3 Å². The minimum absolute atomic E-state index is 0.194. The van der Waals surface area contributed by atoms with Gasteiger partial charge in [0, 0.05) is 12.2 Å². The summed E-state index contributed by atoms with van der Waals surface area (Å²) in [4.78, 5) is 17.2. The van der Waals surface area contributed by atoms with E-state index in [-0.39, 0.29) is 5.91 Å². The number of nitrogens with zero attached hydrogens (tertiary/aromatic N) is 2. The van der Waals surface area contributed by atoms with E-state index in [4.69, 9.17) is 0 Å². The van der Waals surface area contributed by atoms with E-state index in [9.17, 15) is 10.1 Å². The van der Waals surface area contributed by atoms with Crippen molar-refractivity contribution >= 4 is 29.0 Å². The standard InChI is InChI=1S/C16H15N3OS2/c17-10-16(6-7-21-11-16)19-15(20)13-9-18-14(22-13)8-12-4-2-1-3-5-12/h1-5,9H,6-8,11H2,(H,19,20)/t16-/m1/s1. The van der Waals surface area contributed by atoms with E-state index in [1.807, 2.05) is 30.3 Å². The van der Waals surface area contributed by atoms with Crippen LogP contribution >= 0.6 is 23.1 Å². The van der Waals surface area contributed by atoms with Crippen molar-refractivity contribution in [3.05, 3.63) is 52.0 Å². The molecular weight excluding hydrogens is 314 g/mol. The number of aromatic nitrogens is 1. The molecule has 0 bridgehead atoms. The summed E-state index contributed by atoms with van der Waals surface area (Å²) < 4.78 is 0. The molecule has 0 unspecified atom stereocenters. The molecule has 1 fully saturated rings. The predicted octanol–water partition coefficient (Wildman–Crippen LogP) is 2.86. The highest BCUT2D eigenvalue weighted by atomic mass is 32.2. The lowest BCUT2D eigenvalue weighted by Crippen LogP contribution is -2.47. The van der Waals surface area contributed by atoms with Crippen LogP contribution in [0, 0.1) is 11.3 Å². The molecule has 1 aliphatic heterocycles. The van der Waals surface area contributed by atoms with Crippen molar-refractivity contribution in [3.63, 3.8) is 0 Å². The van der Waals surface area contributed by atoms with Gasteiger partial charge in [0.15, 0.2) is 0 Å². The molecule has 3 rings (SSSR count). The van der Waals surface area contributed by atoms with Crippen molar-refractivity contribution in [1.29, 1.82) is 5.26 Å². The van der Waals surface area contributed by atoms with E-state index in [2.05, 4.69) is 16.4 Å². The van der Waals surface area contributed by atoms with E-state index in [0.29, 0.717) is 17.1 Å². The predicted molar refractivity (Wildman–Crippen MR) is 89.1 cm³/mol. The Bertz CT molecular complexity index is 700. The monoisotopic (exact) mass is 329 g/mol. The number of hydrogen-bond acceptors (Lipinski definition) is 5. The van der Waals surface area contributed by atoms with Crippen molar-refractivity contribution < 1.29 is 4.79 Å². The number of thiazole rings is 1. The number of nitriles is 1. The van der Waals surface area contributed by atoms with Gasteiger partial charge >= 0.3 is 0 Å². The summed E-state index contributed by atoms with van der Waals surface area (Å²) in [6, 6.07) is 12.3. The highest BCUT2D eigenvalue weighted by Crippen LogP contribution is 2.28. The SMILES string of the molecule is N#C[C@]1(NC(=O)c2cnc(Cc3ccccc3)s2)CCSC1. The Morgan fingerprint density at radius 2 is 2.23 bits per heavy atom. The first kappa shape index (κ1) is 15.1. The Hall–Kier alpha value is -1.84. The fraction of sp³-hybridized carbons (Fsp3) is 0.312. The second-order valence-electron chi connectivity index (χ2n) is 5.23. The second-order valence-corrected chi connectivity index (χ2v) is 7.45. The van der Waals surface area contributed by atoms with Gasteiger partial charge < -0.3 is 5.32 Å². The van der Waals surface area contributed by atoms with Gasteiger partial charge in [0.2, 0.25) is 0 Å². The number of rotatable bonds is 4. The highest BCUT2D eigenvalue weighted by molar-refractivity contribution is 7.99. The van der Waals surface area contributed by atoms with E-state index >= 15 is 0 Å². The lowest BCUT2D eigenvalue weighted by atomic mass is 10.0. The lowest BCUT2D eigenvalue weighted by molar-refractivity contribution is 0.0930. The maximum atomic E-state index is 12.3. The number of nitrogens with one attached hydrogen (secondary N) is 1. The molecule has 22 heavy (non-hydrogen) atoms. The van der Waals surface area contributed by atoms with Gasteiger partial charge in [0.25, 0.3) is 5.91 Å². The van der Waals surface area contributed by atoms with Crippen molar-refractivity contribution in [1.82, 2.24) is 10.3 Å². The number of hydrogen-bond donors (Lipinski definition) is 1. The number of carbonyl (C=O) groups is 1. The van der Waals surface area contributed by atoms with Crippen molar-refractivity contribution in [3.8, 4) is 6.07 Å². The van der Waals surface area contributed by atoms with Crippen LogP contribution in [0.1, 0.15) is 26.7 Å². The van der Waals surface area contributed by atoms with Crippen molar-refractivity contribution in [2.45, 2.75) is 18.4 Å². The fourth-order valence-corrected chi connectivity index (χ4v) is 4.44. The Labute approximate surface area is 137 Å². The summed E-state index contributed by atoms with van der Waals surface area (Å²) in [5, 5.41) is 13.1. The van der Waals surface area contributed by atoms with Gasteiger partial charge in [0.1, 0.15) is 10.4 Å². The Morgan fingerprint density at radius 1 is 1.41 bits per heavy atom. The first-order valence-electron chi connectivity index (χ1n) is 7.01. The number of thioether (sulfide) groups is 1. The van der Waals surface area contributed by atoms with E-state index in [1.165, 1.54) is 16.9 Å². The smallest absolute Gasteiger partial charge is 0.264 e. The molecular formula is C16H15N3OS2. The molecule has 1 saturated heterocycles. The first-order valence-corrected chi connectivity index (χ1v) is 8.98. The molecule has 2 heterocycles. The maximum absolute atomic E-state index is 12.3. The van der Waals surface area contributed by atoms with E-state index in [1.54, 1.807) is 18.0 Å². The van der Waals surface area contributed by atoms with Crippen LogP contribution in [0.2, 0.25) is 0 Å². The molecule has 1 aromatic carbocycles. The highest BCUT2D eigenvalue weighted by Gasteiger charge is 2.36. The summed E-state index contributed by atoms with van der Waals surface area (Å²) in [6.45, 7) is 0. The largest absolute Gasteiger partial charge is 0.332 e. The van der Waals surface area contributed by atoms with Gasteiger partial charge in [-0.05, 0) is 17.7 Å². The molecule has 1 aliphatic rings. The summed E-state index contributed by atoms with van der Waals surface area (Å²) >= 11 is 3.09. The van der Waals surface area contributed by atoms with Crippen LogP contribution in [-0.2, 0) is 6.42 Å². The molecule has 0 aliphatic carbocycles. The van der Waals surface area contributed by atoms with Gasteiger partial charge in [0.05, 0.1) is 17.3 Å². The zero-order chi connectivity index (χ0) is 15.4. The molecule has 1 aromatic heterocycles. The zero-order valence-corrected chi connectivity index (χ0v) is 13.5. The number of carbonyl (C=O) groups excluding carboxylic acids is 1. The van der Waals surface area contributed by atoms with Gasteiger partial charge in [-0.3, -0.25) is 4.79 Å². The quantitative estimate of drug-likeness (QED) is 0.937. The van der Waals surface area contributed by atoms with Gasteiger partial charge in [-0.25, -0.2) is 4.98 Å². The molecule has 4 nitrogen and oxygen atoms in total. The van der Waals surface area contributed by atoms with Crippen molar-refractivity contribution in [2.75, 3.05) is 11.5 Å². The zero-order valence-electron chi connectivity index (χ0n) is 11.9. The van der Waals surface area contributed by atoms with Gasteiger partial charge in [-0.1, -0.05) is 30.3 Å². The maximum Gasteiger partial charge on any atom is 0.264 e. The van der Waals surface area contributed by atoms with Gasteiger partial charge in [-0.2, -0.15) is 17.0 Å². The minimum atomic E-state index is -0.717. The third-order valence-corrected chi connectivity index (χ3v) is 5.75. The van der Waals surface area contributed by atoms with Crippen LogP contribution in [0.3, 0.4) is 0 Å². The van der Waals surface area contributed by atoms with Crippen LogP contribution in [0.4, 0.5) is 0 Å². The lowest BCUT2D eigenvalue weighted by Gasteiger charge is -2.20. The molecule has 112 valence electrons.